The summed E-state index contributed by atoms with van der Waals surface area (Å²) in [5.41, 5.74) is 4.47. The van der Waals surface area contributed by atoms with Gasteiger partial charge in [-0.2, -0.15) is 0 Å². The number of hydrogen-bond acceptors (Lipinski definition) is 3. The van der Waals surface area contributed by atoms with Gasteiger partial charge in [0.2, 0.25) is 0 Å². The lowest BCUT2D eigenvalue weighted by Crippen LogP contribution is -2.43. The molecule has 0 aliphatic rings. The summed E-state index contributed by atoms with van der Waals surface area (Å²) in [5.74, 6) is 0.143. The summed E-state index contributed by atoms with van der Waals surface area (Å²) in [4.78, 5) is 2.09. The first-order chi connectivity index (χ1) is 4.84. The van der Waals surface area contributed by atoms with Crippen molar-refractivity contribution in [2.24, 2.45) is 11.7 Å². The Kier molecular flexibility index (Phi) is 4.00. The highest BCUT2D eigenvalue weighted by atomic mass is 16.3. The quantitative estimate of drug-likeness (QED) is 0.579. The predicted octanol–water partition coefficient (Wildman–Crippen LogP) is 0.241. The Balaban J connectivity index is 3.61. The number of nitrogens with zero attached hydrogens (tertiary/aromatic N) is 1. The van der Waals surface area contributed by atoms with Crippen LogP contribution in [0.5, 0.6) is 0 Å². The van der Waals surface area contributed by atoms with Gasteiger partial charge in [-0.1, -0.05) is 6.92 Å². The number of aliphatic hydroxyl groups is 1. The van der Waals surface area contributed by atoms with Crippen LogP contribution in [0.25, 0.3) is 0 Å². The van der Waals surface area contributed by atoms with Gasteiger partial charge in [-0.05, 0) is 39.9 Å². The van der Waals surface area contributed by atoms with Crippen LogP contribution >= 0.6 is 0 Å². The van der Waals surface area contributed by atoms with Crippen LogP contribution in [-0.4, -0.2) is 36.4 Å². The van der Waals surface area contributed by atoms with E-state index in [2.05, 4.69) is 4.90 Å². The van der Waals surface area contributed by atoms with Gasteiger partial charge >= 0.3 is 0 Å². The Morgan fingerprint density at radius 1 is 1.55 bits per heavy atom. The summed E-state index contributed by atoms with van der Waals surface area (Å²) in [6.45, 7) is 4.57. The van der Waals surface area contributed by atoms with Gasteiger partial charge in [-0.25, -0.2) is 0 Å². The van der Waals surface area contributed by atoms with Gasteiger partial charge < -0.3 is 15.7 Å². The zero-order valence-corrected chi connectivity index (χ0v) is 7.96. The summed E-state index contributed by atoms with van der Waals surface area (Å²) in [6.07, 6.45) is 0.927. The molecule has 11 heavy (non-hydrogen) atoms. The SMILES string of the molecule is CC(CCN(C)C)C(C)(N)O. The van der Waals surface area contributed by atoms with Crippen molar-refractivity contribution in [1.82, 2.24) is 4.90 Å². The zero-order valence-electron chi connectivity index (χ0n) is 7.96. The normalized spacial score (nSPS) is 19.9. The fourth-order valence-electron chi connectivity index (χ4n) is 0.744. The molecule has 2 atom stereocenters. The van der Waals surface area contributed by atoms with Crippen LogP contribution in [0.2, 0.25) is 0 Å². The number of rotatable bonds is 4. The van der Waals surface area contributed by atoms with E-state index in [4.69, 9.17) is 5.73 Å². The third kappa shape index (κ3) is 5.18. The third-order valence-electron chi connectivity index (χ3n) is 2.01. The zero-order chi connectivity index (χ0) is 9.07. The van der Waals surface area contributed by atoms with Gasteiger partial charge in [0.15, 0.2) is 0 Å². The smallest absolute Gasteiger partial charge is 0.113 e. The third-order valence-corrected chi connectivity index (χ3v) is 2.01. The Hall–Kier alpha value is -0.120. The van der Waals surface area contributed by atoms with Crippen molar-refractivity contribution in [1.29, 1.82) is 0 Å². The summed E-state index contributed by atoms with van der Waals surface area (Å²) < 4.78 is 0. The van der Waals surface area contributed by atoms with E-state index >= 15 is 0 Å². The Morgan fingerprint density at radius 3 is 2.27 bits per heavy atom. The van der Waals surface area contributed by atoms with E-state index in [0.717, 1.165) is 13.0 Å². The molecule has 0 amide bonds. The van der Waals surface area contributed by atoms with Crippen LogP contribution in [0.15, 0.2) is 0 Å². The molecule has 0 saturated carbocycles. The molecule has 0 saturated heterocycles. The molecule has 0 aromatic carbocycles. The first-order valence-corrected chi connectivity index (χ1v) is 4.00. The van der Waals surface area contributed by atoms with Crippen LogP contribution in [0.1, 0.15) is 20.3 Å². The van der Waals surface area contributed by atoms with Crippen molar-refractivity contribution in [3.63, 3.8) is 0 Å². The van der Waals surface area contributed by atoms with Gasteiger partial charge in [0.25, 0.3) is 0 Å². The molecule has 3 N–H and O–H groups in total. The molecule has 0 aliphatic heterocycles. The maximum atomic E-state index is 9.36. The van der Waals surface area contributed by atoms with E-state index in [1.54, 1.807) is 6.92 Å². The van der Waals surface area contributed by atoms with E-state index < -0.39 is 5.72 Å². The summed E-state index contributed by atoms with van der Waals surface area (Å²) >= 11 is 0. The Morgan fingerprint density at radius 2 is 2.00 bits per heavy atom. The molecule has 0 bridgehead atoms. The number of nitrogens with two attached hydrogens (primary N) is 1. The van der Waals surface area contributed by atoms with E-state index in [-0.39, 0.29) is 5.92 Å². The lowest BCUT2D eigenvalue weighted by molar-refractivity contribution is 0.00680. The summed E-state index contributed by atoms with van der Waals surface area (Å²) in [7, 11) is 4.02. The average molecular weight is 160 g/mol. The van der Waals surface area contributed by atoms with E-state index in [1.165, 1.54) is 0 Å². The average Bonchev–Trinajstić information content (AvgIpc) is 1.80. The van der Waals surface area contributed by atoms with Gasteiger partial charge in [-0.3, -0.25) is 0 Å². The minimum absolute atomic E-state index is 0.143. The molecule has 0 rings (SSSR count). The molecule has 0 aromatic rings. The number of hydrogen-bond donors (Lipinski definition) is 2. The van der Waals surface area contributed by atoms with E-state index in [0.29, 0.717) is 0 Å². The molecule has 0 heterocycles. The van der Waals surface area contributed by atoms with Crippen LogP contribution in [0.4, 0.5) is 0 Å². The molecule has 3 heteroatoms. The highest BCUT2D eigenvalue weighted by Gasteiger charge is 2.22. The van der Waals surface area contributed by atoms with Gasteiger partial charge in [-0.15, -0.1) is 0 Å². The minimum atomic E-state index is -1.03. The molecule has 0 aliphatic carbocycles. The van der Waals surface area contributed by atoms with Crippen molar-refractivity contribution >= 4 is 0 Å². The standard InChI is InChI=1S/C8H20N2O/c1-7(8(2,9)11)5-6-10(3)4/h7,11H,5-6,9H2,1-4H3. The molecule has 3 nitrogen and oxygen atoms in total. The van der Waals surface area contributed by atoms with Gasteiger partial charge in [0, 0.05) is 0 Å². The van der Waals surface area contributed by atoms with E-state index in [1.807, 2.05) is 21.0 Å². The molecule has 0 radical (unpaired) electrons. The van der Waals surface area contributed by atoms with Crippen molar-refractivity contribution in [3.05, 3.63) is 0 Å². The maximum Gasteiger partial charge on any atom is 0.113 e. The molecule has 2 unspecified atom stereocenters. The van der Waals surface area contributed by atoms with E-state index in [9.17, 15) is 5.11 Å². The molecule has 0 spiro atoms. The topological polar surface area (TPSA) is 49.5 Å². The second-order valence-corrected chi connectivity index (χ2v) is 3.72. The van der Waals surface area contributed by atoms with Crippen LogP contribution in [0, 0.1) is 5.92 Å². The Bertz CT molecular complexity index is 107. The van der Waals surface area contributed by atoms with Crippen LogP contribution in [0.3, 0.4) is 0 Å². The highest BCUT2D eigenvalue weighted by molar-refractivity contribution is 4.72. The minimum Gasteiger partial charge on any atom is -0.376 e. The Labute approximate surface area is 69.2 Å². The molecule has 0 aromatic heterocycles. The predicted molar refractivity (Wildman–Crippen MR) is 47.1 cm³/mol. The molecule has 68 valence electrons. The van der Waals surface area contributed by atoms with Gasteiger partial charge in [0.05, 0.1) is 0 Å². The highest BCUT2D eigenvalue weighted by Crippen LogP contribution is 2.13. The first-order valence-electron chi connectivity index (χ1n) is 4.00. The second kappa shape index (κ2) is 4.04. The van der Waals surface area contributed by atoms with Crippen LogP contribution in [-0.2, 0) is 0 Å². The largest absolute Gasteiger partial charge is 0.376 e. The molecular formula is C8H20N2O. The van der Waals surface area contributed by atoms with Crippen molar-refractivity contribution in [2.75, 3.05) is 20.6 Å². The lowest BCUT2D eigenvalue weighted by Gasteiger charge is -2.26. The summed E-state index contributed by atoms with van der Waals surface area (Å²) in [5, 5.41) is 9.36. The molecular weight excluding hydrogens is 140 g/mol. The fourth-order valence-corrected chi connectivity index (χ4v) is 0.744. The maximum absolute atomic E-state index is 9.36. The lowest BCUT2D eigenvalue weighted by atomic mass is 9.97. The van der Waals surface area contributed by atoms with Gasteiger partial charge in [0.1, 0.15) is 5.72 Å². The van der Waals surface area contributed by atoms with Crippen molar-refractivity contribution < 1.29 is 5.11 Å². The second-order valence-electron chi connectivity index (χ2n) is 3.72. The first kappa shape index (κ1) is 10.9. The molecule has 0 fully saturated rings. The summed E-state index contributed by atoms with van der Waals surface area (Å²) in [6, 6.07) is 0. The van der Waals surface area contributed by atoms with Crippen molar-refractivity contribution in [2.45, 2.75) is 26.0 Å². The van der Waals surface area contributed by atoms with Crippen LogP contribution < -0.4 is 5.73 Å². The van der Waals surface area contributed by atoms with Crippen molar-refractivity contribution in [3.8, 4) is 0 Å². The fraction of sp³-hybridized carbons (Fsp3) is 1.00. The monoisotopic (exact) mass is 160 g/mol.